The number of carboxylic acid groups (broad SMARTS) is 1. The minimum absolute atomic E-state index is 0.0980. The average Bonchev–Trinajstić information content (AvgIpc) is 2.88. The molecule has 0 N–H and O–H groups in total. The lowest BCUT2D eigenvalue weighted by Crippen LogP contribution is -2.47. The summed E-state index contributed by atoms with van der Waals surface area (Å²) in [6.45, 7) is 5.94. The van der Waals surface area contributed by atoms with Crippen LogP contribution in [-0.2, 0) is 20.9 Å². The summed E-state index contributed by atoms with van der Waals surface area (Å²) in [6, 6.07) is 8.20. The Labute approximate surface area is 136 Å². The van der Waals surface area contributed by atoms with Gasteiger partial charge in [-0.15, -0.1) is 0 Å². The normalized spacial score (nSPS) is 21.3. The molecule has 0 bridgehead atoms. The largest absolute Gasteiger partial charge is 0.548 e. The van der Waals surface area contributed by atoms with Crippen molar-refractivity contribution in [1.82, 2.24) is 4.90 Å². The van der Waals surface area contributed by atoms with E-state index < -0.39 is 23.7 Å². The molecule has 0 aromatic heterocycles. The number of amides is 1. The number of hydrogen-bond donors (Lipinski definition) is 0. The number of aliphatic carboxylic acids is 1. The van der Waals surface area contributed by atoms with Crippen LogP contribution in [0.2, 0.25) is 0 Å². The topological polar surface area (TPSA) is 78.9 Å². The molecular formula is C17H22NO5-. The molecule has 1 fully saturated rings. The first kappa shape index (κ1) is 17.3. The second-order valence-electron chi connectivity index (χ2n) is 6.62. The van der Waals surface area contributed by atoms with Gasteiger partial charge in [0.15, 0.2) is 0 Å². The van der Waals surface area contributed by atoms with Crippen molar-refractivity contribution < 1.29 is 24.2 Å². The molecule has 0 unspecified atom stereocenters. The van der Waals surface area contributed by atoms with E-state index in [1.54, 1.807) is 0 Å². The fourth-order valence-corrected chi connectivity index (χ4v) is 2.61. The average molecular weight is 320 g/mol. The van der Waals surface area contributed by atoms with Crippen LogP contribution in [0.1, 0.15) is 32.8 Å². The molecule has 1 amide bonds. The molecule has 0 aliphatic carbocycles. The summed E-state index contributed by atoms with van der Waals surface area (Å²) in [4.78, 5) is 24.7. The second-order valence-corrected chi connectivity index (χ2v) is 6.62. The quantitative estimate of drug-likeness (QED) is 0.836. The molecule has 6 nitrogen and oxygen atoms in total. The van der Waals surface area contributed by atoms with Crippen molar-refractivity contribution >= 4 is 12.1 Å². The minimum atomic E-state index is -1.29. The van der Waals surface area contributed by atoms with Gasteiger partial charge in [-0.3, -0.25) is 4.90 Å². The molecule has 0 spiro atoms. The summed E-state index contributed by atoms with van der Waals surface area (Å²) in [6.07, 6.45) is -0.801. The Morgan fingerprint density at radius 1 is 1.26 bits per heavy atom. The first-order valence-electron chi connectivity index (χ1n) is 7.62. The van der Waals surface area contributed by atoms with Crippen LogP contribution in [0.25, 0.3) is 0 Å². The van der Waals surface area contributed by atoms with E-state index in [0.717, 1.165) is 5.56 Å². The Balaban J connectivity index is 1.97. The molecule has 126 valence electrons. The smallest absolute Gasteiger partial charge is 0.410 e. The highest BCUT2D eigenvalue weighted by atomic mass is 16.6. The zero-order valence-corrected chi connectivity index (χ0v) is 13.7. The highest BCUT2D eigenvalue weighted by molar-refractivity contribution is 5.79. The third-order valence-electron chi connectivity index (χ3n) is 3.49. The Morgan fingerprint density at radius 2 is 1.91 bits per heavy atom. The van der Waals surface area contributed by atoms with Crippen molar-refractivity contribution in [3.8, 4) is 0 Å². The summed E-state index contributed by atoms with van der Waals surface area (Å²) in [5.74, 6) is -1.29. The number of carboxylic acids is 1. The lowest BCUT2D eigenvalue weighted by molar-refractivity contribution is -0.310. The monoisotopic (exact) mass is 320 g/mol. The molecular weight excluding hydrogens is 298 g/mol. The van der Waals surface area contributed by atoms with Gasteiger partial charge in [-0.1, -0.05) is 30.3 Å². The fraction of sp³-hybridized carbons (Fsp3) is 0.529. The van der Waals surface area contributed by atoms with Crippen molar-refractivity contribution in [2.24, 2.45) is 0 Å². The van der Waals surface area contributed by atoms with E-state index in [-0.39, 0.29) is 25.7 Å². The zero-order valence-electron chi connectivity index (χ0n) is 13.7. The number of benzene rings is 1. The van der Waals surface area contributed by atoms with Crippen LogP contribution >= 0.6 is 0 Å². The zero-order chi connectivity index (χ0) is 17.0. The van der Waals surface area contributed by atoms with E-state index in [4.69, 9.17) is 9.47 Å². The molecule has 6 heteroatoms. The van der Waals surface area contributed by atoms with E-state index in [0.29, 0.717) is 0 Å². The number of likely N-dealkylation sites (tertiary alicyclic amines) is 1. The number of carbonyl (C=O) groups excluding carboxylic acids is 2. The van der Waals surface area contributed by atoms with E-state index >= 15 is 0 Å². The second kappa shape index (κ2) is 7.00. The molecule has 0 saturated carbocycles. The fourth-order valence-electron chi connectivity index (χ4n) is 2.61. The number of carbonyl (C=O) groups is 2. The van der Waals surface area contributed by atoms with Gasteiger partial charge in [-0.05, 0) is 26.3 Å². The van der Waals surface area contributed by atoms with Gasteiger partial charge in [0.1, 0.15) is 6.61 Å². The number of nitrogens with zero attached hydrogens (tertiary/aromatic N) is 1. The van der Waals surface area contributed by atoms with Gasteiger partial charge in [0.05, 0.1) is 30.3 Å². The maximum absolute atomic E-state index is 12.2. The van der Waals surface area contributed by atoms with E-state index in [9.17, 15) is 14.7 Å². The highest BCUT2D eigenvalue weighted by Gasteiger charge is 2.39. The first-order valence-corrected chi connectivity index (χ1v) is 7.62. The third-order valence-corrected chi connectivity index (χ3v) is 3.49. The van der Waals surface area contributed by atoms with Crippen LogP contribution in [0.3, 0.4) is 0 Å². The number of rotatable bonds is 4. The van der Waals surface area contributed by atoms with Crippen LogP contribution in [0.15, 0.2) is 30.3 Å². The predicted octanol–water partition coefficient (Wildman–Crippen LogP) is 1.33. The summed E-state index contributed by atoms with van der Waals surface area (Å²) in [7, 11) is 0. The van der Waals surface area contributed by atoms with Crippen LogP contribution in [-0.4, -0.2) is 41.3 Å². The number of hydrogen-bond acceptors (Lipinski definition) is 5. The SMILES string of the molecule is CC(C)(C)O[C@H]1C[C@@H](C(=O)[O-])N(C(=O)OCc2ccccc2)C1. The number of ether oxygens (including phenoxy) is 2. The van der Waals surface area contributed by atoms with E-state index in [1.807, 2.05) is 51.1 Å². The lowest BCUT2D eigenvalue weighted by atomic mass is 10.1. The van der Waals surface area contributed by atoms with Crippen LogP contribution in [0.5, 0.6) is 0 Å². The Bertz CT molecular complexity index is 552. The lowest BCUT2D eigenvalue weighted by Gasteiger charge is -2.25. The molecule has 2 rings (SSSR count). The van der Waals surface area contributed by atoms with Gasteiger partial charge in [0, 0.05) is 6.42 Å². The summed E-state index contributed by atoms with van der Waals surface area (Å²) < 4.78 is 11.0. The standard InChI is InChI=1S/C17H23NO5/c1-17(2,3)23-13-9-14(15(19)20)18(10-13)16(21)22-11-12-7-5-4-6-8-12/h4-8,13-14H,9-11H2,1-3H3,(H,19,20)/p-1/t13-,14-/m0/s1. The Hall–Kier alpha value is -2.08. The molecule has 0 radical (unpaired) electrons. The third kappa shape index (κ3) is 4.96. The Kier molecular flexibility index (Phi) is 5.26. The summed E-state index contributed by atoms with van der Waals surface area (Å²) in [5.41, 5.74) is 0.429. The predicted molar refractivity (Wildman–Crippen MR) is 81.4 cm³/mol. The van der Waals surface area contributed by atoms with Gasteiger partial charge in [0.2, 0.25) is 0 Å². The van der Waals surface area contributed by atoms with Crippen LogP contribution < -0.4 is 5.11 Å². The Morgan fingerprint density at radius 3 is 2.48 bits per heavy atom. The van der Waals surface area contributed by atoms with Gasteiger partial charge < -0.3 is 19.4 Å². The van der Waals surface area contributed by atoms with Crippen molar-refractivity contribution in [3.63, 3.8) is 0 Å². The van der Waals surface area contributed by atoms with Gasteiger partial charge in [-0.2, -0.15) is 0 Å². The molecule has 1 aliphatic heterocycles. The minimum Gasteiger partial charge on any atom is -0.548 e. The van der Waals surface area contributed by atoms with E-state index in [2.05, 4.69) is 0 Å². The van der Waals surface area contributed by atoms with Crippen LogP contribution in [0.4, 0.5) is 4.79 Å². The van der Waals surface area contributed by atoms with Gasteiger partial charge in [-0.25, -0.2) is 4.79 Å². The highest BCUT2D eigenvalue weighted by Crippen LogP contribution is 2.25. The van der Waals surface area contributed by atoms with Gasteiger partial charge >= 0.3 is 6.09 Å². The van der Waals surface area contributed by atoms with Crippen LogP contribution in [0, 0.1) is 0 Å². The molecule has 1 aliphatic rings. The molecule has 1 heterocycles. The van der Waals surface area contributed by atoms with Gasteiger partial charge in [0.25, 0.3) is 0 Å². The molecule has 1 aromatic carbocycles. The van der Waals surface area contributed by atoms with E-state index in [1.165, 1.54) is 4.90 Å². The summed E-state index contributed by atoms with van der Waals surface area (Å²) in [5, 5.41) is 11.3. The van der Waals surface area contributed by atoms with Crippen molar-refractivity contribution in [1.29, 1.82) is 0 Å². The first-order chi connectivity index (χ1) is 10.8. The summed E-state index contributed by atoms with van der Waals surface area (Å²) >= 11 is 0. The molecule has 1 aromatic rings. The maximum atomic E-state index is 12.2. The van der Waals surface area contributed by atoms with Crippen molar-refractivity contribution in [2.75, 3.05) is 6.54 Å². The molecule has 1 saturated heterocycles. The van der Waals surface area contributed by atoms with Crippen molar-refractivity contribution in [3.05, 3.63) is 35.9 Å². The molecule has 23 heavy (non-hydrogen) atoms. The molecule has 2 atom stereocenters. The maximum Gasteiger partial charge on any atom is 0.410 e. The van der Waals surface area contributed by atoms with Crippen molar-refractivity contribution in [2.45, 2.75) is 51.5 Å².